The molecule has 0 unspecified atom stereocenters. The minimum atomic E-state index is -0.977. The molecule has 0 aromatic carbocycles. The van der Waals surface area contributed by atoms with Gasteiger partial charge in [0.2, 0.25) is 0 Å². The van der Waals surface area contributed by atoms with Crippen LogP contribution >= 0.6 is 15.9 Å². The van der Waals surface area contributed by atoms with Gasteiger partial charge >= 0.3 is 5.97 Å². The van der Waals surface area contributed by atoms with Crippen molar-refractivity contribution in [2.75, 3.05) is 0 Å². The number of aromatic carboxylic acids is 1. The molecule has 112 valence electrons. The molecule has 2 heterocycles. The first-order chi connectivity index (χ1) is 9.63. The van der Waals surface area contributed by atoms with Gasteiger partial charge in [-0.2, -0.15) is 5.10 Å². The molecule has 1 N–H and O–H groups in total. The first kappa shape index (κ1) is 15.7. The Bertz CT molecular complexity index is 650. The fraction of sp³-hybridized carbons (Fsp3) is 0.400. The molecular weight excluding hydrogens is 334 g/mol. The highest BCUT2D eigenvalue weighted by Gasteiger charge is 2.24. The number of pyridine rings is 1. The molecule has 0 aliphatic heterocycles. The van der Waals surface area contributed by atoms with Crippen LogP contribution in [0, 0.1) is 5.92 Å². The summed E-state index contributed by atoms with van der Waals surface area (Å²) < 4.78 is 2.51. The summed E-state index contributed by atoms with van der Waals surface area (Å²) in [6.45, 7) is 0.814. The number of carboxylic acid groups (broad SMARTS) is 1. The number of hydrogen-bond acceptors (Lipinski definition) is 3. The Labute approximate surface area is 132 Å². The van der Waals surface area contributed by atoms with Crippen molar-refractivity contribution in [1.82, 2.24) is 14.8 Å². The van der Waals surface area contributed by atoms with Crippen molar-refractivity contribution in [3.63, 3.8) is 0 Å². The zero-order valence-electron chi connectivity index (χ0n) is 10.8. The molecule has 0 atom stereocenters. The molecule has 0 spiro atoms. The van der Waals surface area contributed by atoms with Gasteiger partial charge in [0, 0.05) is 30.9 Å². The van der Waals surface area contributed by atoms with Crippen LogP contribution in [0.15, 0.2) is 29.1 Å². The molecular formula is C15H18BrN3O2. The third kappa shape index (κ3) is 3.69. The average molecular weight is 352 g/mol. The molecule has 0 amide bonds. The largest absolute Gasteiger partial charge is 0.476 e. The Morgan fingerprint density at radius 3 is 2.81 bits per heavy atom. The summed E-state index contributed by atoms with van der Waals surface area (Å²) in [4.78, 5) is 15.5. The molecule has 5 nitrogen and oxygen atoms in total. The lowest BCUT2D eigenvalue weighted by Crippen LogP contribution is -2.05. The fourth-order valence-electron chi connectivity index (χ4n) is 2.19. The van der Waals surface area contributed by atoms with Gasteiger partial charge < -0.3 is 5.11 Å². The van der Waals surface area contributed by atoms with Crippen LogP contribution in [0.2, 0.25) is 0 Å². The molecule has 1 aliphatic carbocycles. The van der Waals surface area contributed by atoms with E-state index in [9.17, 15) is 9.90 Å². The topological polar surface area (TPSA) is 68.0 Å². The monoisotopic (exact) mass is 351 g/mol. The number of aromatic nitrogens is 3. The van der Waals surface area contributed by atoms with Crippen molar-refractivity contribution in [3.05, 3.63) is 46.0 Å². The van der Waals surface area contributed by atoms with Gasteiger partial charge in [-0.3, -0.25) is 4.68 Å². The number of halogens is 1. The quantitative estimate of drug-likeness (QED) is 0.838. The summed E-state index contributed by atoms with van der Waals surface area (Å²) >= 11 is 3.39. The molecule has 6 heteroatoms. The Kier molecular flexibility index (Phi) is 4.77. The van der Waals surface area contributed by atoms with E-state index >= 15 is 0 Å². The van der Waals surface area contributed by atoms with Gasteiger partial charge in [-0.05, 0) is 46.3 Å². The third-order valence-electron chi connectivity index (χ3n) is 3.40. The van der Waals surface area contributed by atoms with Crippen molar-refractivity contribution in [2.24, 2.45) is 5.92 Å². The van der Waals surface area contributed by atoms with Crippen LogP contribution in [0.25, 0.3) is 0 Å². The van der Waals surface area contributed by atoms with Crippen molar-refractivity contribution < 1.29 is 9.90 Å². The fourth-order valence-corrected chi connectivity index (χ4v) is 2.58. The number of hydrogen-bond donors (Lipinski definition) is 1. The molecule has 2 aromatic rings. The van der Waals surface area contributed by atoms with E-state index in [4.69, 9.17) is 0 Å². The summed E-state index contributed by atoms with van der Waals surface area (Å²) in [6.07, 6.45) is 6.49. The zero-order chi connectivity index (χ0) is 14.1. The van der Waals surface area contributed by atoms with Crippen molar-refractivity contribution >= 4 is 21.9 Å². The van der Waals surface area contributed by atoms with Crippen LogP contribution in [0.5, 0.6) is 0 Å². The summed E-state index contributed by atoms with van der Waals surface area (Å²) in [5.74, 6) is -0.316. The number of carboxylic acids is 1. The molecule has 1 saturated carbocycles. The Balaban J connectivity index is 0.00000161. The summed E-state index contributed by atoms with van der Waals surface area (Å²) in [5.41, 5.74) is 1.83. The van der Waals surface area contributed by atoms with Crippen molar-refractivity contribution in [3.8, 4) is 0 Å². The number of nitrogens with zero attached hydrogens (tertiary/aromatic N) is 3. The second-order valence-electron chi connectivity index (χ2n) is 5.10. The average Bonchev–Trinajstić information content (AvgIpc) is 3.12. The van der Waals surface area contributed by atoms with Crippen LogP contribution in [-0.2, 0) is 13.0 Å². The number of carbonyl (C=O) groups is 1. The minimum absolute atomic E-state index is 0. The molecule has 2 aromatic heterocycles. The van der Waals surface area contributed by atoms with Gasteiger partial charge in [-0.25, -0.2) is 9.78 Å². The number of rotatable bonds is 5. The van der Waals surface area contributed by atoms with E-state index in [1.54, 1.807) is 10.9 Å². The normalized spacial score (nSPS) is 13.8. The van der Waals surface area contributed by atoms with Crippen LogP contribution in [-0.4, -0.2) is 25.8 Å². The molecule has 0 radical (unpaired) electrons. The molecule has 1 aliphatic rings. The van der Waals surface area contributed by atoms with E-state index in [0.717, 1.165) is 22.3 Å². The first-order valence-corrected chi connectivity index (χ1v) is 7.32. The molecule has 0 saturated heterocycles. The Morgan fingerprint density at radius 2 is 2.19 bits per heavy atom. The SMILES string of the molecule is C.O=C(O)c1nn(CC2CC2)cc1Cc1cccnc1Br. The van der Waals surface area contributed by atoms with Gasteiger partial charge in [0.05, 0.1) is 0 Å². The predicted octanol–water partition coefficient (Wildman–Crippen LogP) is 3.38. The van der Waals surface area contributed by atoms with Crippen molar-refractivity contribution in [1.29, 1.82) is 0 Å². The van der Waals surface area contributed by atoms with Gasteiger partial charge in [-0.15, -0.1) is 0 Å². The summed E-state index contributed by atoms with van der Waals surface area (Å²) in [6, 6.07) is 3.77. The smallest absolute Gasteiger partial charge is 0.356 e. The molecule has 0 bridgehead atoms. The summed E-state index contributed by atoms with van der Waals surface area (Å²) in [7, 11) is 0. The van der Waals surface area contributed by atoms with Crippen LogP contribution in [0.3, 0.4) is 0 Å². The predicted molar refractivity (Wildman–Crippen MR) is 83.4 cm³/mol. The van der Waals surface area contributed by atoms with E-state index in [1.165, 1.54) is 12.8 Å². The highest BCUT2D eigenvalue weighted by Crippen LogP contribution is 2.30. The van der Waals surface area contributed by atoms with E-state index in [2.05, 4.69) is 26.0 Å². The Hall–Kier alpha value is -1.69. The zero-order valence-corrected chi connectivity index (χ0v) is 12.4. The Morgan fingerprint density at radius 1 is 1.43 bits per heavy atom. The second-order valence-corrected chi connectivity index (χ2v) is 5.85. The maximum atomic E-state index is 11.3. The molecule has 1 fully saturated rings. The van der Waals surface area contributed by atoms with E-state index in [0.29, 0.717) is 12.3 Å². The van der Waals surface area contributed by atoms with Crippen LogP contribution in [0.4, 0.5) is 0 Å². The van der Waals surface area contributed by atoms with Crippen LogP contribution in [0.1, 0.15) is 41.9 Å². The highest BCUT2D eigenvalue weighted by atomic mass is 79.9. The van der Waals surface area contributed by atoms with E-state index in [1.807, 2.05) is 18.3 Å². The van der Waals surface area contributed by atoms with E-state index < -0.39 is 5.97 Å². The summed E-state index contributed by atoms with van der Waals surface area (Å²) in [5, 5.41) is 13.5. The molecule has 21 heavy (non-hydrogen) atoms. The minimum Gasteiger partial charge on any atom is -0.476 e. The van der Waals surface area contributed by atoms with Crippen molar-refractivity contribution in [2.45, 2.75) is 33.2 Å². The first-order valence-electron chi connectivity index (χ1n) is 6.52. The lowest BCUT2D eigenvalue weighted by Gasteiger charge is -2.02. The standard InChI is InChI=1S/C14H14BrN3O2.CH4/c15-13-10(2-1-5-16-13)6-11-8-18(7-9-3-4-9)17-12(11)14(19)20;/h1-2,5,8-9H,3-4,6-7H2,(H,19,20);1H4. The lowest BCUT2D eigenvalue weighted by atomic mass is 10.1. The highest BCUT2D eigenvalue weighted by molar-refractivity contribution is 9.10. The van der Waals surface area contributed by atoms with Gasteiger partial charge in [-0.1, -0.05) is 13.5 Å². The molecule has 3 rings (SSSR count). The van der Waals surface area contributed by atoms with Gasteiger partial charge in [0.25, 0.3) is 0 Å². The second kappa shape index (κ2) is 6.39. The van der Waals surface area contributed by atoms with Crippen LogP contribution < -0.4 is 0 Å². The van der Waals surface area contributed by atoms with Gasteiger partial charge in [0.1, 0.15) is 4.60 Å². The van der Waals surface area contributed by atoms with E-state index in [-0.39, 0.29) is 13.1 Å². The van der Waals surface area contributed by atoms with Gasteiger partial charge in [0.15, 0.2) is 5.69 Å². The maximum Gasteiger partial charge on any atom is 0.356 e. The third-order valence-corrected chi connectivity index (χ3v) is 4.11. The lowest BCUT2D eigenvalue weighted by molar-refractivity contribution is 0.0688. The maximum absolute atomic E-state index is 11.3.